The van der Waals surface area contributed by atoms with Crippen LogP contribution in [-0.2, 0) is 17.6 Å². The molecule has 1 spiro atoms. The highest BCUT2D eigenvalue weighted by atomic mass is 32.2. The molecule has 1 amide bonds. The molecule has 0 N–H and O–H groups in total. The van der Waals surface area contributed by atoms with Crippen LogP contribution in [0.5, 0.6) is 0 Å². The molecule has 3 atom stereocenters. The maximum atomic E-state index is 13.1. The fraction of sp³-hybridized carbons (Fsp3) is 0.643. The lowest BCUT2D eigenvalue weighted by molar-refractivity contribution is -0.137. The zero-order valence-electron chi connectivity index (χ0n) is 21.4. The van der Waals surface area contributed by atoms with Crippen LogP contribution in [0, 0.1) is 17.3 Å². The topological polar surface area (TPSA) is 62.2 Å². The molecule has 2 aromatic heterocycles. The number of rotatable bonds is 9. The molecular weight excluding hydrogens is 454 g/mol. The smallest absolute Gasteiger partial charge is 0.226 e. The van der Waals surface area contributed by atoms with Crippen LogP contribution in [0.1, 0.15) is 62.0 Å². The van der Waals surface area contributed by atoms with Gasteiger partial charge in [-0.3, -0.25) is 9.78 Å². The van der Waals surface area contributed by atoms with Crippen molar-refractivity contribution in [1.82, 2.24) is 24.8 Å². The van der Waals surface area contributed by atoms with Crippen LogP contribution in [0.25, 0.3) is 0 Å². The highest BCUT2D eigenvalue weighted by Gasteiger charge is 2.49. The lowest BCUT2D eigenvalue weighted by atomic mass is 9.72. The quantitative estimate of drug-likeness (QED) is 0.481. The number of nitrogens with zero attached hydrogens (tertiary/aromatic N) is 5. The van der Waals surface area contributed by atoms with E-state index in [1.165, 1.54) is 31.5 Å². The van der Waals surface area contributed by atoms with Crippen LogP contribution >= 0.6 is 11.8 Å². The molecule has 4 heterocycles. The van der Waals surface area contributed by atoms with E-state index in [-0.39, 0.29) is 5.92 Å². The van der Waals surface area contributed by atoms with E-state index in [2.05, 4.69) is 45.9 Å². The number of piperidine rings is 1. The average molecular weight is 494 g/mol. The highest BCUT2D eigenvalue weighted by molar-refractivity contribution is 7.98. The molecule has 3 aliphatic rings. The standard InChI is InChI=1S/C28H39N5OS/c1-20(5-9-26-30-16-23(35-3)17-31-26)4-7-22-8-6-21(15-29-22)24-14-25(24)27(34)33-12-10-28(11-13-33)18-32(2)19-28/h6,8,15-17,20,24-25H,4-5,7,9-14,18-19H2,1-3H3/t20-,24-,25+/m1/s1. The summed E-state index contributed by atoms with van der Waals surface area (Å²) in [5, 5.41) is 0. The Kier molecular flexibility index (Phi) is 7.44. The fourth-order valence-electron chi connectivity index (χ4n) is 5.98. The summed E-state index contributed by atoms with van der Waals surface area (Å²) >= 11 is 1.67. The molecule has 35 heavy (non-hydrogen) atoms. The van der Waals surface area contributed by atoms with Gasteiger partial charge in [0.25, 0.3) is 0 Å². The van der Waals surface area contributed by atoms with Gasteiger partial charge in [-0.1, -0.05) is 13.0 Å². The van der Waals surface area contributed by atoms with Gasteiger partial charge >= 0.3 is 0 Å². The third kappa shape index (κ3) is 5.88. The lowest BCUT2D eigenvalue weighted by Crippen LogP contribution is -2.59. The van der Waals surface area contributed by atoms with Crippen molar-refractivity contribution in [3.8, 4) is 0 Å². The summed E-state index contributed by atoms with van der Waals surface area (Å²) in [6.07, 6.45) is 15.4. The molecule has 5 rings (SSSR count). The Bertz CT molecular complexity index is 995. The number of pyridine rings is 1. The second-order valence-electron chi connectivity index (χ2n) is 11.3. The first kappa shape index (κ1) is 24.7. The van der Waals surface area contributed by atoms with Crippen LogP contribution in [0.15, 0.2) is 35.6 Å². The Hall–Kier alpha value is -1.99. The van der Waals surface area contributed by atoms with Crippen molar-refractivity contribution >= 4 is 17.7 Å². The minimum Gasteiger partial charge on any atom is -0.342 e. The summed E-state index contributed by atoms with van der Waals surface area (Å²) in [6.45, 7) is 6.61. The van der Waals surface area contributed by atoms with Crippen molar-refractivity contribution in [2.75, 3.05) is 39.5 Å². The minimum atomic E-state index is 0.174. The Morgan fingerprint density at radius 3 is 2.43 bits per heavy atom. The Balaban J connectivity index is 1.03. The molecule has 2 aliphatic heterocycles. The zero-order chi connectivity index (χ0) is 24.4. The van der Waals surface area contributed by atoms with Gasteiger partial charge in [-0.05, 0) is 80.7 Å². The first-order valence-corrected chi connectivity index (χ1v) is 14.4. The van der Waals surface area contributed by atoms with E-state index in [1.807, 2.05) is 24.8 Å². The van der Waals surface area contributed by atoms with E-state index in [0.29, 0.717) is 23.2 Å². The molecule has 2 saturated heterocycles. The van der Waals surface area contributed by atoms with Gasteiger partial charge in [0.15, 0.2) is 0 Å². The minimum absolute atomic E-state index is 0.174. The normalized spacial score (nSPS) is 24.3. The summed E-state index contributed by atoms with van der Waals surface area (Å²) in [5.74, 6) is 2.46. The summed E-state index contributed by atoms with van der Waals surface area (Å²) in [5.41, 5.74) is 2.88. The first-order valence-electron chi connectivity index (χ1n) is 13.2. The van der Waals surface area contributed by atoms with Gasteiger partial charge in [0.1, 0.15) is 5.82 Å². The van der Waals surface area contributed by atoms with Crippen LogP contribution in [-0.4, -0.2) is 70.1 Å². The molecular formula is C28H39N5OS. The predicted molar refractivity (Wildman–Crippen MR) is 140 cm³/mol. The molecule has 0 aromatic carbocycles. The van der Waals surface area contributed by atoms with Crippen LogP contribution < -0.4 is 0 Å². The van der Waals surface area contributed by atoms with Gasteiger partial charge in [0.2, 0.25) is 5.91 Å². The summed E-state index contributed by atoms with van der Waals surface area (Å²) in [6, 6.07) is 4.38. The van der Waals surface area contributed by atoms with E-state index in [0.717, 1.165) is 61.6 Å². The number of aryl methyl sites for hydroxylation is 2. The monoisotopic (exact) mass is 493 g/mol. The van der Waals surface area contributed by atoms with Crippen molar-refractivity contribution in [2.24, 2.45) is 17.3 Å². The number of thioether (sulfide) groups is 1. The molecule has 0 unspecified atom stereocenters. The predicted octanol–water partition coefficient (Wildman–Crippen LogP) is 4.45. The van der Waals surface area contributed by atoms with Gasteiger partial charge in [0, 0.05) is 67.7 Å². The van der Waals surface area contributed by atoms with Crippen molar-refractivity contribution in [3.63, 3.8) is 0 Å². The van der Waals surface area contributed by atoms with E-state index in [9.17, 15) is 4.79 Å². The number of hydrogen-bond donors (Lipinski definition) is 0. The second kappa shape index (κ2) is 10.6. The largest absolute Gasteiger partial charge is 0.342 e. The second-order valence-corrected chi connectivity index (χ2v) is 12.1. The van der Waals surface area contributed by atoms with Gasteiger partial charge in [-0.15, -0.1) is 11.8 Å². The van der Waals surface area contributed by atoms with Crippen molar-refractivity contribution in [3.05, 3.63) is 47.8 Å². The molecule has 2 aromatic rings. The van der Waals surface area contributed by atoms with Gasteiger partial charge < -0.3 is 9.80 Å². The average Bonchev–Trinajstić information content (AvgIpc) is 3.67. The van der Waals surface area contributed by atoms with Crippen LogP contribution in [0.4, 0.5) is 0 Å². The number of hydrogen-bond acceptors (Lipinski definition) is 6. The Labute approximate surface area is 214 Å². The number of aromatic nitrogens is 3. The maximum absolute atomic E-state index is 13.1. The summed E-state index contributed by atoms with van der Waals surface area (Å²) in [4.78, 5) is 32.4. The molecule has 7 heteroatoms. The van der Waals surface area contributed by atoms with Gasteiger partial charge in [-0.25, -0.2) is 9.97 Å². The number of amides is 1. The Morgan fingerprint density at radius 1 is 1.09 bits per heavy atom. The van der Waals surface area contributed by atoms with E-state index < -0.39 is 0 Å². The van der Waals surface area contributed by atoms with E-state index in [4.69, 9.17) is 4.98 Å². The van der Waals surface area contributed by atoms with Crippen molar-refractivity contribution in [2.45, 2.75) is 62.7 Å². The van der Waals surface area contributed by atoms with Crippen molar-refractivity contribution in [1.29, 1.82) is 0 Å². The molecule has 1 aliphatic carbocycles. The zero-order valence-corrected chi connectivity index (χ0v) is 22.3. The van der Waals surface area contributed by atoms with Crippen LogP contribution in [0.2, 0.25) is 0 Å². The number of likely N-dealkylation sites (tertiary alicyclic amines) is 2. The molecule has 6 nitrogen and oxygen atoms in total. The van der Waals surface area contributed by atoms with Crippen molar-refractivity contribution < 1.29 is 4.79 Å². The van der Waals surface area contributed by atoms with E-state index >= 15 is 0 Å². The third-order valence-electron chi connectivity index (χ3n) is 8.40. The molecule has 3 fully saturated rings. The highest BCUT2D eigenvalue weighted by Crippen LogP contribution is 2.49. The molecule has 0 radical (unpaired) electrons. The van der Waals surface area contributed by atoms with E-state index in [1.54, 1.807) is 11.8 Å². The summed E-state index contributed by atoms with van der Waals surface area (Å²) < 4.78 is 0. The third-order valence-corrected chi connectivity index (χ3v) is 9.08. The summed E-state index contributed by atoms with van der Waals surface area (Å²) in [7, 11) is 2.19. The fourth-order valence-corrected chi connectivity index (χ4v) is 6.30. The Morgan fingerprint density at radius 2 is 1.80 bits per heavy atom. The molecule has 0 bridgehead atoms. The lowest BCUT2D eigenvalue weighted by Gasteiger charge is -2.53. The van der Waals surface area contributed by atoms with Crippen LogP contribution in [0.3, 0.4) is 0 Å². The first-order chi connectivity index (χ1) is 16.9. The maximum Gasteiger partial charge on any atom is 0.226 e. The van der Waals surface area contributed by atoms with Gasteiger partial charge in [-0.2, -0.15) is 0 Å². The molecule has 1 saturated carbocycles. The number of carbonyl (C=O) groups excluding carboxylic acids is 1. The molecule has 188 valence electrons. The number of carbonyl (C=O) groups is 1. The van der Waals surface area contributed by atoms with Gasteiger partial charge in [0.05, 0.1) is 0 Å². The SMILES string of the molecule is CSc1cnc(CC[C@H](C)CCc2ccc([C@H]3C[C@@H]3C(=O)N3CCC4(CC3)CN(C)C4)cn2)nc1.